The van der Waals surface area contributed by atoms with Gasteiger partial charge >= 0.3 is 0 Å². The van der Waals surface area contributed by atoms with Crippen LogP contribution in [0.15, 0.2) is 64.8 Å². The first-order valence-electron chi connectivity index (χ1n) is 10.7. The Bertz CT molecular complexity index is 1270. The van der Waals surface area contributed by atoms with Crippen molar-refractivity contribution in [2.75, 3.05) is 25.4 Å². The number of benzene rings is 1. The molecule has 0 saturated carbocycles. The highest BCUT2D eigenvalue weighted by atomic mass is 32.2. The third-order valence-corrected chi connectivity index (χ3v) is 7.75. The Hall–Kier alpha value is -2.55. The van der Waals surface area contributed by atoms with Crippen molar-refractivity contribution in [1.82, 2.24) is 19.4 Å². The van der Waals surface area contributed by atoms with Gasteiger partial charge in [0.15, 0.2) is 5.16 Å². The summed E-state index contributed by atoms with van der Waals surface area (Å²) in [6, 6.07) is 12.1. The van der Waals surface area contributed by atoms with Gasteiger partial charge in [-0.3, -0.25) is 14.3 Å². The van der Waals surface area contributed by atoms with Crippen LogP contribution in [0.2, 0.25) is 0 Å². The average molecular weight is 467 g/mol. The molecule has 0 amide bonds. The lowest BCUT2D eigenvalue weighted by Gasteiger charge is -2.15. The quantitative estimate of drug-likeness (QED) is 0.287. The molecular formula is C24H23FN4OS2. The van der Waals surface area contributed by atoms with Crippen molar-refractivity contribution < 1.29 is 4.39 Å². The summed E-state index contributed by atoms with van der Waals surface area (Å²) in [6.45, 7) is 3.74. The summed E-state index contributed by atoms with van der Waals surface area (Å²) in [7, 11) is 0. The molecular weight excluding hydrogens is 443 g/mol. The number of rotatable bonds is 7. The minimum atomic E-state index is -0.275. The molecule has 1 saturated heterocycles. The van der Waals surface area contributed by atoms with Crippen molar-refractivity contribution in [2.24, 2.45) is 0 Å². The van der Waals surface area contributed by atoms with Gasteiger partial charge in [0.2, 0.25) is 0 Å². The Kier molecular flexibility index (Phi) is 6.34. The third kappa shape index (κ3) is 4.62. The van der Waals surface area contributed by atoms with E-state index in [9.17, 15) is 9.18 Å². The zero-order valence-electron chi connectivity index (χ0n) is 17.5. The second-order valence-electron chi connectivity index (χ2n) is 7.88. The molecule has 8 heteroatoms. The molecule has 0 unspecified atom stereocenters. The third-order valence-electron chi connectivity index (χ3n) is 5.63. The Balaban J connectivity index is 1.51. The van der Waals surface area contributed by atoms with Crippen LogP contribution in [0.5, 0.6) is 0 Å². The van der Waals surface area contributed by atoms with Gasteiger partial charge in [0.05, 0.1) is 12.1 Å². The van der Waals surface area contributed by atoms with E-state index in [1.165, 1.54) is 36.3 Å². The lowest BCUT2D eigenvalue weighted by molar-refractivity contribution is 0.362. The first-order valence-corrected chi connectivity index (χ1v) is 12.5. The average Bonchev–Trinajstić information content (AvgIpc) is 3.48. The highest BCUT2D eigenvalue weighted by Gasteiger charge is 2.17. The molecule has 1 aliphatic heterocycles. The van der Waals surface area contributed by atoms with E-state index in [4.69, 9.17) is 4.98 Å². The maximum atomic E-state index is 13.5. The van der Waals surface area contributed by atoms with Crippen molar-refractivity contribution in [2.45, 2.75) is 24.5 Å². The molecule has 0 spiro atoms. The van der Waals surface area contributed by atoms with E-state index in [1.54, 1.807) is 40.9 Å². The largest absolute Gasteiger partial charge is 0.303 e. The van der Waals surface area contributed by atoms with Crippen molar-refractivity contribution >= 4 is 33.3 Å². The molecule has 5 rings (SSSR count). The van der Waals surface area contributed by atoms with E-state index in [0.29, 0.717) is 16.8 Å². The minimum absolute atomic E-state index is 0.0408. The van der Waals surface area contributed by atoms with E-state index in [0.717, 1.165) is 46.5 Å². The Morgan fingerprint density at radius 2 is 1.94 bits per heavy atom. The Labute approximate surface area is 193 Å². The highest BCUT2D eigenvalue weighted by molar-refractivity contribution is 7.99. The topological polar surface area (TPSA) is 51.0 Å². The van der Waals surface area contributed by atoms with Crippen LogP contribution in [0.1, 0.15) is 18.4 Å². The number of nitrogens with zero attached hydrogens (tertiary/aromatic N) is 4. The van der Waals surface area contributed by atoms with Crippen LogP contribution >= 0.6 is 23.1 Å². The van der Waals surface area contributed by atoms with Crippen LogP contribution in [-0.4, -0.2) is 44.8 Å². The molecule has 4 aromatic rings. The summed E-state index contributed by atoms with van der Waals surface area (Å²) in [5.41, 5.74) is 2.51. The summed E-state index contributed by atoms with van der Waals surface area (Å²) in [5, 5.41) is 0.731. The van der Waals surface area contributed by atoms with E-state index in [1.807, 2.05) is 18.2 Å². The number of pyridine rings is 1. The van der Waals surface area contributed by atoms with Gasteiger partial charge in [0.1, 0.15) is 10.5 Å². The zero-order chi connectivity index (χ0) is 21.9. The first kappa shape index (κ1) is 21.3. The maximum absolute atomic E-state index is 13.5. The van der Waals surface area contributed by atoms with Crippen LogP contribution in [-0.2, 0) is 6.54 Å². The summed E-state index contributed by atoms with van der Waals surface area (Å²) >= 11 is 3.04. The smallest absolute Gasteiger partial charge is 0.272 e. The molecule has 1 aliphatic rings. The van der Waals surface area contributed by atoms with E-state index in [2.05, 4.69) is 9.88 Å². The number of likely N-dealkylation sites (tertiary alicyclic amines) is 1. The second-order valence-corrected chi connectivity index (χ2v) is 9.99. The maximum Gasteiger partial charge on any atom is 0.272 e. The second kappa shape index (κ2) is 9.52. The van der Waals surface area contributed by atoms with Crippen LogP contribution in [0, 0.1) is 5.82 Å². The Morgan fingerprint density at radius 1 is 1.12 bits per heavy atom. The Morgan fingerprint density at radius 3 is 2.69 bits per heavy atom. The van der Waals surface area contributed by atoms with Gasteiger partial charge in [0, 0.05) is 29.6 Å². The molecule has 0 atom stereocenters. The predicted octanol–water partition coefficient (Wildman–Crippen LogP) is 4.90. The molecule has 0 bridgehead atoms. The molecule has 4 heterocycles. The lowest BCUT2D eigenvalue weighted by Crippen LogP contribution is -2.25. The van der Waals surface area contributed by atoms with Crippen molar-refractivity contribution in [3.8, 4) is 10.4 Å². The number of halogens is 1. The molecule has 164 valence electrons. The molecule has 0 aliphatic carbocycles. The number of hydrogen-bond acceptors (Lipinski definition) is 6. The molecule has 32 heavy (non-hydrogen) atoms. The fourth-order valence-electron chi connectivity index (χ4n) is 3.94. The molecule has 0 radical (unpaired) electrons. The number of thioether (sulfide) groups is 1. The van der Waals surface area contributed by atoms with Crippen LogP contribution < -0.4 is 5.56 Å². The van der Waals surface area contributed by atoms with E-state index < -0.39 is 0 Å². The lowest BCUT2D eigenvalue weighted by atomic mass is 10.2. The molecule has 1 fully saturated rings. The summed E-state index contributed by atoms with van der Waals surface area (Å²) in [4.78, 5) is 26.0. The van der Waals surface area contributed by atoms with Crippen molar-refractivity contribution in [3.05, 3.63) is 76.6 Å². The van der Waals surface area contributed by atoms with Crippen LogP contribution in [0.25, 0.3) is 20.7 Å². The van der Waals surface area contributed by atoms with E-state index in [-0.39, 0.29) is 11.4 Å². The van der Waals surface area contributed by atoms with Gasteiger partial charge in [0.25, 0.3) is 5.56 Å². The standard InChI is InChI=1S/C24H23FN4OS2/c25-19-7-5-18(6-8-19)21-14-20-22(32-21)23(30)29(16-17-4-3-9-26-15-17)24(27-20)31-13-12-28-10-1-2-11-28/h3-9,14-15H,1-2,10-13,16H2. The number of thiophene rings is 1. The summed E-state index contributed by atoms with van der Waals surface area (Å²) in [6.07, 6.45) is 6.05. The fourth-order valence-corrected chi connectivity index (χ4v) is 5.99. The van der Waals surface area contributed by atoms with Gasteiger partial charge in [-0.1, -0.05) is 30.0 Å². The van der Waals surface area contributed by atoms with Gasteiger partial charge in [-0.05, 0) is 61.3 Å². The van der Waals surface area contributed by atoms with Crippen molar-refractivity contribution in [3.63, 3.8) is 0 Å². The predicted molar refractivity (Wildman–Crippen MR) is 129 cm³/mol. The molecule has 3 aromatic heterocycles. The van der Waals surface area contributed by atoms with Crippen molar-refractivity contribution in [1.29, 1.82) is 0 Å². The molecule has 1 aromatic carbocycles. The van der Waals surface area contributed by atoms with Crippen LogP contribution in [0.4, 0.5) is 4.39 Å². The zero-order valence-corrected chi connectivity index (χ0v) is 19.2. The van der Waals surface area contributed by atoms with E-state index >= 15 is 0 Å². The number of fused-ring (bicyclic) bond motifs is 1. The van der Waals surface area contributed by atoms with Gasteiger partial charge < -0.3 is 4.90 Å². The summed E-state index contributed by atoms with van der Waals surface area (Å²) < 4.78 is 15.7. The monoisotopic (exact) mass is 466 g/mol. The molecule has 0 N–H and O–H groups in total. The minimum Gasteiger partial charge on any atom is -0.303 e. The van der Waals surface area contributed by atoms with Gasteiger partial charge in [-0.25, -0.2) is 9.37 Å². The number of aromatic nitrogens is 3. The van der Waals surface area contributed by atoms with Crippen LogP contribution in [0.3, 0.4) is 0 Å². The van der Waals surface area contributed by atoms with Gasteiger partial charge in [-0.2, -0.15) is 0 Å². The summed E-state index contributed by atoms with van der Waals surface area (Å²) in [5.74, 6) is 0.614. The first-order chi connectivity index (χ1) is 15.7. The molecule has 5 nitrogen and oxygen atoms in total. The fraction of sp³-hybridized carbons (Fsp3) is 0.292. The highest BCUT2D eigenvalue weighted by Crippen LogP contribution is 2.32. The SMILES string of the molecule is O=c1c2sc(-c3ccc(F)cc3)cc2nc(SCCN2CCCC2)n1Cc1cccnc1. The van der Waals surface area contributed by atoms with Gasteiger partial charge in [-0.15, -0.1) is 11.3 Å². The number of hydrogen-bond donors (Lipinski definition) is 0. The normalized spacial score (nSPS) is 14.4.